The third kappa shape index (κ3) is 5.98. The van der Waals surface area contributed by atoms with Crippen molar-refractivity contribution in [3.8, 4) is 5.75 Å². The van der Waals surface area contributed by atoms with Gasteiger partial charge in [-0.15, -0.1) is 0 Å². The molecule has 5 heteroatoms. The molecule has 0 bridgehead atoms. The van der Waals surface area contributed by atoms with E-state index in [1.165, 1.54) is 55.7 Å². The van der Waals surface area contributed by atoms with Gasteiger partial charge in [-0.3, -0.25) is 9.59 Å². The third-order valence-corrected chi connectivity index (χ3v) is 9.34. The highest BCUT2D eigenvalue weighted by Crippen LogP contribution is 2.63. The van der Waals surface area contributed by atoms with E-state index in [1.54, 1.807) is 0 Å². The lowest BCUT2D eigenvalue weighted by atomic mass is 9.54. The van der Waals surface area contributed by atoms with Crippen molar-refractivity contribution in [2.24, 2.45) is 17.3 Å². The number of hydrogen-bond acceptors (Lipinski definition) is 4. The van der Waals surface area contributed by atoms with Crippen LogP contribution in [0.4, 0.5) is 0 Å². The molecular formula is C31H44O5. The van der Waals surface area contributed by atoms with Crippen molar-refractivity contribution in [1.29, 1.82) is 0 Å². The minimum Gasteiger partial charge on any atom is -0.508 e. The Labute approximate surface area is 216 Å². The summed E-state index contributed by atoms with van der Waals surface area (Å²) in [5, 5.41) is 18.9. The van der Waals surface area contributed by atoms with Crippen LogP contribution in [0.2, 0.25) is 0 Å². The number of phenolic OH excluding ortho intramolecular Hbond substituents is 1. The molecule has 5 nitrogen and oxygen atoms in total. The number of carbonyl (C=O) groups excluding carboxylic acids is 1. The van der Waals surface area contributed by atoms with Gasteiger partial charge in [0.05, 0.1) is 0 Å². The highest BCUT2D eigenvalue weighted by Gasteiger charge is 2.56. The van der Waals surface area contributed by atoms with Crippen LogP contribution in [0.15, 0.2) is 23.8 Å². The smallest absolute Gasteiger partial charge is 0.303 e. The second-order valence-corrected chi connectivity index (χ2v) is 11.7. The molecular weight excluding hydrogens is 452 g/mol. The summed E-state index contributed by atoms with van der Waals surface area (Å²) in [4.78, 5) is 22.4. The summed E-state index contributed by atoms with van der Waals surface area (Å²) in [6.45, 7) is 3.89. The van der Waals surface area contributed by atoms with Crippen molar-refractivity contribution in [2.45, 2.75) is 116 Å². The van der Waals surface area contributed by atoms with Crippen molar-refractivity contribution < 1.29 is 24.5 Å². The van der Waals surface area contributed by atoms with E-state index in [2.05, 4.69) is 19.1 Å². The van der Waals surface area contributed by atoms with Gasteiger partial charge in [-0.1, -0.05) is 63.2 Å². The number of allylic oxidation sites excluding steroid dienone is 1. The molecule has 0 aliphatic heterocycles. The number of aromatic hydroxyl groups is 1. The Morgan fingerprint density at radius 3 is 2.39 bits per heavy atom. The normalized spacial score (nSPS) is 28.6. The number of fused-ring (bicyclic) bond motifs is 5. The van der Waals surface area contributed by atoms with Crippen molar-refractivity contribution >= 4 is 18.0 Å². The molecule has 198 valence electrons. The zero-order chi connectivity index (χ0) is 25.7. The Kier molecular flexibility index (Phi) is 8.79. The van der Waals surface area contributed by atoms with Gasteiger partial charge in [0, 0.05) is 18.8 Å². The topological polar surface area (TPSA) is 83.8 Å². The molecule has 0 unspecified atom stereocenters. The molecule has 4 rings (SSSR count). The Morgan fingerprint density at radius 1 is 1.00 bits per heavy atom. The lowest BCUT2D eigenvalue weighted by Crippen LogP contribution is -2.45. The first kappa shape index (κ1) is 26.8. The quantitative estimate of drug-likeness (QED) is 0.230. The number of benzene rings is 1. The van der Waals surface area contributed by atoms with Crippen molar-refractivity contribution in [3.63, 3.8) is 0 Å². The van der Waals surface area contributed by atoms with Crippen LogP contribution in [0.5, 0.6) is 5.75 Å². The molecule has 0 radical (unpaired) electrons. The molecule has 0 heterocycles. The van der Waals surface area contributed by atoms with Gasteiger partial charge >= 0.3 is 11.9 Å². The van der Waals surface area contributed by atoms with E-state index in [-0.39, 0.29) is 17.5 Å². The Balaban J connectivity index is 1.38. The molecule has 36 heavy (non-hydrogen) atoms. The SMILES string of the molecule is CC(=O)O[C@H]1CC[C@H]2[C@@H]3C(CCCCCCCCCCC(=O)O)=Cc4cc(O)ccc4[C@H]3CC[C@]12C. The molecule has 0 aromatic heterocycles. The Hall–Kier alpha value is -2.30. The van der Waals surface area contributed by atoms with E-state index in [1.807, 2.05) is 12.1 Å². The van der Waals surface area contributed by atoms with Gasteiger partial charge in [0.1, 0.15) is 11.9 Å². The second-order valence-electron chi connectivity index (χ2n) is 11.7. The van der Waals surface area contributed by atoms with E-state index in [0.717, 1.165) is 51.4 Å². The first-order valence-corrected chi connectivity index (χ1v) is 14.2. The summed E-state index contributed by atoms with van der Waals surface area (Å²) >= 11 is 0. The number of carboxylic acid groups (broad SMARTS) is 1. The number of rotatable bonds is 12. The van der Waals surface area contributed by atoms with Gasteiger partial charge in [0.25, 0.3) is 0 Å². The van der Waals surface area contributed by atoms with Gasteiger partial charge in [0.15, 0.2) is 0 Å². The molecule has 1 aromatic rings. The number of phenols is 1. The van der Waals surface area contributed by atoms with E-state index in [4.69, 9.17) is 9.84 Å². The lowest BCUT2D eigenvalue weighted by Gasteiger charge is -2.50. The molecule has 0 saturated heterocycles. The molecule has 3 aliphatic rings. The van der Waals surface area contributed by atoms with Crippen molar-refractivity contribution in [1.82, 2.24) is 0 Å². The van der Waals surface area contributed by atoms with Crippen molar-refractivity contribution in [2.75, 3.05) is 0 Å². The highest BCUT2D eigenvalue weighted by molar-refractivity contribution is 5.67. The largest absolute Gasteiger partial charge is 0.508 e. The van der Waals surface area contributed by atoms with Crippen LogP contribution < -0.4 is 0 Å². The molecule has 0 amide bonds. The van der Waals surface area contributed by atoms with Crippen molar-refractivity contribution in [3.05, 3.63) is 34.9 Å². The maximum atomic E-state index is 11.8. The summed E-state index contributed by atoms with van der Waals surface area (Å²) in [5.41, 5.74) is 4.14. The number of carboxylic acids is 1. The van der Waals surface area contributed by atoms with Gasteiger partial charge in [-0.05, 0) is 86.0 Å². The molecule has 1 aromatic carbocycles. The zero-order valence-corrected chi connectivity index (χ0v) is 22.1. The number of carbonyl (C=O) groups is 2. The fourth-order valence-corrected chi connectivity index (χ4v) is 7.58. The first-order valence-electron chi connectivity index (χ1n) is 14.2. The Morgan fingerprint density at radius 2 is 1.69 bits per heavy atom. The molecule has 2 fully saturated rings. The predicted octanol–water partition coefficient (Wildman–Crippen LogP) is 7.62. The summed E-state index contributed by atoms with van der Waals surface area (Å²) in [6.07, 6.45) is 17.0. The molecule has 0 spiro atoms. The number of hydrogen-bond donors (Lipinski definition) is 2. The fourth-order valence-electron chi connectivity index (χ4n) is 7.58. The molecule has 3 aliphatic carbocycles. The average molecular weight is 497 g/mol. The average Bonchev–Trinajstić information content (AvgIpc) is 3.15. The van der Waals surface area contributed by atoms with Crippen LogP contribution in [0, 0.1) is 17.3 Å². The third-order valence-electron chi connectivity index (χ3n) is 9.34. The summed E-state index contributed by atoms with van der Waals surface area (Å²) in [5.74, 6) is 0.995. The monoisotopic (exact) mass is 496 g/mol. The van der Waals surface area contributed by atoms with Gasteiger partial charge in [-0.25, -0.2) is 0 Å². The van der Waals surface area contributed by atoms with E-state index in [9.17, 15) is 14.7 Å². The summed E-state index contributed by atoms with van der Waals surface area (Å²) in [6, 6.07) is 5.90. The number of aliphatic carboxylic acids is 1. The number of ether oxygens (including phenoxy) is 1. The van der Waals surface area contributed by atoms with Gasteiger partial charge in [0.2, 0.25) is 0 Å². The van der Waals surface area contributed by atoms with E-state index >= 15 is 0 Å². The highest BCUT2D eigenvalue weighted by atomic mass is 16.5. The van der Waals surface area contributed by atoms with Crippen LogP contribution in [0.1, 0.15) is 121 Å². The van der Waals surface area contributed by atoms with Crippen LogP contribution in [0.3, 0.4) is 0 Å². The zero-order valence-electron chi connectivity index (χ0n) is 22.1. The number of esters is 1. The standard InChI is InChI=1S/C31H44O5/c1-21(32)36-28-16-15-27-30-22(11-9-7-5-3-4-6-8-10-12-29(34)35)19-23-20-24(33)13-14-25(23)26(30)17-18-31(27,28)2/h13-14,19-20,26-28,30,33H,3-12,15-18H2,1-2H3,(H,34,35)/t26-,27+,28+,30-,31+/m1/s1. The summed E-state index contributed by atoms with van der Waals surface area (Å²) < 4.78 is 5.84. The van der Waals surface area contributed by atoms with Crippen LogP contribution in [0.25, 0.3) is 6.08 Å². The van der Waals surface area contributed by atoms with Crippen LogP contribution >= 0.6 is 0 Å². The Bertz CT molecular complexity index is 966. The maximum Gasteiger partial charge on any atom is 0.303 e. The minimum atomic E-state index is -0.690. The van der Waals surface area contributed by atoms with Gasteiger partial charge < -0.3 is 14.9 Å². The van der Waals surface area contributed by atoms with Gasteiger partial charge in [-0.2, -0.15) is 0 Å². The molecule has 2 N–H and O–H groups in total. The molecule has 2 saturated carbocycles. The number of unbranched alkanes of at least 4 members (excludes halogenated alkanes) is 7. The summed E-state index contributed by atoms with van der Waals surface area (Å²) in [7, 11) is 0. The maximum absolute atomic E-state index is 11.8. The second kappa shape index (κ2) is 11.8. The lowest BCUT2D eigenvalue weighted by molar-refractivity contribution is -0.154. The van der Waals surface area contributed by atoms with Crippen LogP contribution in [-0.2, 0) is 14.3 Å². The molecule has 5 atom stereocenters. The fraction of sp³-hybridized carbons (Fsp3) is 0.677. The van der Waals surface area contributed by atoms with E-state index < -0.39 is 5.97 Å². The first-order chi connectivity index (χ1) is 17.3. The minimum absolute atomic E-state index is 0.0268. The van der Waals surface area contributed by atoms with Crippen LogP contribution in [-0.4, -0.2) is 28.3 Å². The predicted molar refractivity (Wildman–Crippen MR) is 142 cm³/mol. The van der Waals surface area contributed by atoms with E-state index in [0.29, 0.717) is 29.9 Å².